The van der Waals surface area contributed by atoms with Gasteiger partial charge in [-0.3, -0.25) is 33.8 Å². The lowest BCUT2D eigenvalue weighted by atomic mass is 9.88. The number of piperazine rings is 2. The van der Waals surface area contributed by atoms with Crippen LogP contribution in [0.4, 0.5) is 57.5 Å². The number of hydrogen-bond donors (Lipinski definition) is 14. The third-order valence-corrected chi connectivity index (χ3v) is 23.2. The number of piperidine rings is 3. The van der Waals surface area contributed by atoms with Crippen LogP contribution in [0.2, 0.25) is 25.1 Å². The molecule has 5 saturated heterocycles. The van der Waals surface area contributed by atoms with E-state index in [1.54, 1.807) is 207 Å². The van der Waals surface area contributed by atoms with E-state index in [2.05, 4.69) is 143 Å². The molecule has 0 bridgehead atoms. The number of aliphatic hydroxyl groups excluding tert-OH is 3. The summed E-state index contributed by atoms with van der Waals surface area (Å²) in [6, 6.07) is 53.8. The minimum absolute atomic E-state index is 0.119. The van der Waals surface area contributed by atoms with Crippen molar-refractivity contribution in [2.24, 2.45) is 0 Å². The number of carbonyl (C=O) groups excluding carboxylic acids is 5. The summed E-state index contributed by atoms with van der Waals surface area (Å²) in [7, 11) is 2.13. The van der Waals surface area contributed by atoms with Crippen LogP contribution in [0.5, 0.6) is 0 Å². The molecule has 15 rings (SSSR count). The zero-order valence-electron chi connectivity index (χ0n) is 73.1. The molecule has 0 atom stereocenters. The van der Waals surface area contributed by atoms with E-state index >= 15 is 0 Å². The molecule has 0 spiro atoms. The Morgan fingerprint density at radius 3 is 0.946 bits per heavy atom. The second-order valence-electron chi connectivity index (χ2n) is 32.8. The minimum atomic E-state index is -0.259. The Morgan fingerprint density at radius 2 is 0.636 bits per heavy atom. The van der Waals surface area contributed by atoms with Crippen molar-refractivity contribution in [3.8, 4) is 0 Å². The molecule has 5 aromatic carbocycles. The van der Waals surface area contributed by atoms with Gasteiger partial charge in [-0.05, 0) is 251 Å². The number of rotatable bonds is 26. The molecule has 30 nitrogen and oxygen atoms in total. The van der Waals surface area contributed by atoms with Crippen molar-refractivity contribution in [1.82, 2.24) is 59.9 Å². The first kappa shape index (κ1) is 98.8. The van der Waals surface area contributed by atoms with Crippen molar-refractivity contribution in [3.05, 3.63) is 266 Å². The first-order valence-corrected chi connectivity index (χ1v) is 45.0. The number of anilines is 10. The molecule has 5 aliphatic heterocycles. The van der Waals surface area contributed by atoms with Gasteiger partial charge in [0, 0.05) is 186 Å². The number of likely N-dealkylation sites (tertiary alicyclic amines) is 2. The number of β-amino-alcohol motifs (C(OH)–C–C–N with tert-alkyl or cyclic N) is 3. The molecule has 5 aromatic heterocycles. The monoisotopic (exact) mass is 1850 g/mol. The van der Waals surface area contributed by atoms with Gasteiger partial charge in [0.25, 0.3) is 29.5 Å². The highest BCUT2D eigenvalue weighted by atomic mass is 35.5. The normalized spacial score (nSPS) is 16.3. The van der Waals surface area contributed by atoms with Gasteiger partial charge in [0.2, 0.25) is 0 Å². The van der Waals surface area contributed by atoms with Crippen LogP contribution in [0.1, 0.15) is 118 Å². The molecule has 35 heteroatoms. The summed E-state index contributed by atoms with van der Waals surface area (Å²) < 4.78 is 0. The molecule has 5 aliphatic rings. The van der Waals surface area contributed by atoms with Gasteiger partial charge in [0.15, 0.2) is 11.6 Å². The molecule has 5 amide bonds. The average Bonchev–Trinajstić information content (AvgIpc) is 0.769. The van der Waals surface area contributed by atoms with Crippen LogP contribution in [-0.2, 0) is 0 Å². The summed E-state index contributed by atoms with van der Waals surface area (Å²) in [5.41, 5.74) is 12.0. The smallest absolute Gasteiger partial charge is 0.259 e. The summed E-state index contributed by atoms with van der Waals surface area (Å²) in [6.07, 6.45) is 14.4. The van der Waals surface area contributed by atoms with Gasteiger partial charge in [0.05, 0.1) is 47.6 Å². The van der Waals surface area contributed by atoms with Crippen LogP contribution >= 0.6 is 58.0 Å². The zero-order valence-corrected chi connectivity index (χ0v) is 76.9. The van der Waals surface area contributed by atoms with Gasteiger partial charge in [-0.25, -0.2) is 34.9 Å². The van der Waals surface area contributed by atoms with E-state index in [4.69, 9.17) is 68.2 Å². The van der Waals surface area contributed by atoms with Crippen LogP contribution in [0.25, 0.3) is 0 Å². The molecule has 129 heavy (non-hydrogen) atoms. The molecule has 0 aliphatic carbocycles. The van der Waals surface area contributed by atoms with E-state index in [1.807, 2.05) is 11.1 Å². The Bertz CT molecular complexity index is 5150. The number of nitrogens with zero attached hydrogens (tertiary/aromatic N) is 11. The van der Waals surface area contributed by atoms with Crippen LogP contribution in [-0.4, -0.2) is 254 Å². The van der Waals surface area contributed by atoms with E-state index in [-0.39, 0.29) is 66.5 Å². The van der Waals surface area contributed by atoms with Gasteiger partial charge >= 0.3 is 0 Å². The Kier molecular flexibility index (Phi) is 38.2. The summed E-state index contributed by atoms with van der Waals surface area (Å²) in [5.74, 6) is 1.74. The molecule has 684 valence electrons. The van der Waals surface area contributed by atoms with Gasteiger partial charge in [-0.2, -0.15) is 0 Å². The fraction of sp³-hybridized carbons (Fsp3) is 0.362. The number of hydrazine groups is 2. The molecule has 5 fully saturated rings. The zero-order chi connectivity index (χ0) is 91.7. The van der Waals surface area contributed by atoms with Crippen molar-refractivity contribution < 1.29 is 39.3 Å². The lowest BCUT2D eigenvalue weighted by Crippen LogP contribution is -2.69. The largest absolute Gasteiger partial charge is 0.395 e. The first-order valence-electron chi connectivity index (χ1n) is 43.1. The molecule has 10 aromatic rings. The SMILES string of the molecule is CC1(C)CN(Nc2ncccc2C(=O)Nc2cccc(Cl)c2)CC(C)(C)N1CCO.CN1CCC(Nc2ncccc2C(=O)Nc2cccc(Cl)c2)CC1.O=C(Nc1cccc(Cl)c1)c1cccnc1NC1CCN(CCO)CC1.O=C(Nc1cccc(Cl)c1)c1cccnc1NC1CCNCC1.O=C(Nc1cccc(Cl)c1)c1cccnc1NN1CCN(CCO)CC1. The van der Waals surface area contributed by atoms with E-state index in [0.29, 0.717) is 155 Å². The number of benzene rings is 5. The number of aromatic nitrogens is 5. The van der Waals surface area contributed by atoms with Crippen LogP contribution in [0.3, 0.4) is 0 Å². The highest BCUT2D eigenvalue weighted by Crippen LogP contribution is 2.34. The number of hydrogen-bond acceptors (Lipinski definition) is 25. The number of amides is 5. The molecule has 0 unspecified atom stereocenters. The number of nitrogens with one attached hydrogen (secondary N) is 11. The van der Waals surface area contributed by atoms with Gasteiger partial charge in [-0.1, -0.05) is 88.3 Å². The van der Waals surface area contributed by atoms with E-state index in [9.17, 15) is 29.1 Å². The fourth-order valence-corrected chi connectivity index (χ4v) is 16.7. The summed E-state index contributed by atoms with van der Waals surface area (Å²) in [4.78, 5) is 94.2. The maximum absolute atomic E-state index is 12.9. The second-order valence-corrected chi connectivity index (χ2v) is 35.0. The Hall–Kier alpha value is -10.8. The van der Waals surface area contributed by atoms with Gasteiger partial charge < -0.3 is 83.8 Å². The fourth-order valence-electron chi connectivity index (χ4n) is 15.7. The van der Waals surface area contributed by atoms with Crippen molar-refractivity contribution in [2.75, 3.05) is 178 Å². The van der Waals surface area contributed by atoms with E-state index in [1.165, 1.54) is 0 Å². The van der Waals surface area contributed by atoms with Gasteiger partial charge in [-0.15, -0.1) is 0 Å². The Labute approximate surface area is 779 Å². The average molecular weight is 1860 g/mol. The van der Waals surface area contributed by atoms with Crippen LogP contribution in [0.15, 0.2) is 213 Å². The van der Waals surface area contributed by atoms with Crippen LogP contribution in [0, 0.1) is 0 Å². The number of halogens is 5. The standard InChI is InChI=1S/C22H30ClN5O2.C19H23ClN4O2.C18H22ClN5O2.C18H21ClN4O.C17H19ClN4O/c1-21(2)14-27(15-22(3,4)28(21)11-12-29)26-19-18(9-6-10-24-19)20(30)25-17-8-5-7-16(23)13-17;20-14-3-1-4-16(13-14)23-19(26)17-5-2-8-21-18(17)22-15-6-9-24(10-7-15)11-12-25;19-14-3-1-4-15(13-14)21-18(26)16-5-2-6-20-17(16)22-24-9-7-23(8-10-24)11-12-25;1-23-10-7-14(8-11-23)21-17-16(6-3-9-20-17)18(24)22-15-5-2-4-13(19)12-15;18-12-3-1-4-14(11-12)22-17(23)15-5-2-8-20-16(15)21-13-6-9-19-10-7-13/h5-10,13,29H,11-12,14-15H2,1-4H3,(H,24,26)(H,25,30);1-5,8,13,15,25H,6-7,9-12H2,(H,21,22)(H,23,26);1-6,13,25H,7-12H2,(H,20,22)(H,21,26);2-6,9,12,14H,7-8,10-11H2,1H3,(H,20,21)(H,22,24);1-5,8,11,13,19H,6-7,9-10H2,(H,20,21)(H,22,23). The van der Waals surface area contributed by atoms with E-state index < -0.39 is 0 Å². The third-order valence-electron chi connectivity index (χ3n) is 22.0. The molecule has 0 saturated carbocycles. The predicted molar refractivity (Wildman–Crippen MR) is 518 cm³/mol. The highest BCUT2D eigenvalue weighted by molar-refractivity contribution is 6.32. The number of pyridine rings is 5. The number of carbonyl (C=O) groups is 5. The molecule has 0 radical (unpaired) electrons. The van der Waals surface area contributed by atoms with Crippen molar-refractivity contribution in [1.29, 1.82) is 0 Å². The highest BCUT2D eigenvalue weighted by Gasteiger charge is 2.45. The topological polar surface area (TPSA) is 362 Å². The predicted octanol–water partition coefficient (Wildman–Crippen LogP) is 14.9. The molecule has 10 heterocycles. The quantitative estimate of drug-likeness (QED) is 0.0239. The lowest BCUT2D eigenvalue weighted by molar-refractivity contribution is -0.0675. The van der Waals surface area contributed by atoms with Crippen LogP contribution < -0.4 is 58.7 Å². The van der Waals surface area contributed by atoms with Crippen molar-refractivity contribution in [3.63, 3.8) is 0 Å². The minimum Gasteiger partial charge on any atom is -0.395 e. The Morgan fingerprint density at radius 1 is 0.357 bits per heavy atom. The van der Waals surface area contributed by atoms with E-state index in [0.717, 1.165) is 104 Å². The molecule has 14 N–H and O–H groups in total. The van der Waals surface area contributed by atoms with Crippen molar-refractivity contribution in [2.45, 2.75) is 95.4 Å². The summed E-state index contributed by atoms with van der Waals surface area (Å²) in [6.45, 7) is 21.7. The first-order chi connectivity index (χ1) is 62.3. The maximum atomic E-state index is 12.9. The third kappa shape index (κ3) is 31.2. The Balaban J connectivity index is 0.000000156. The summed E-state index contributed by atoms with van der Waals surface area (Å²) >= 11 is 29.9. The maximum Gasteiger partial charge on any atom is 0.259 e. The molecular weight excluding hydrogens is 1740 g/mol. The molecular formula is C94H115Cl5N22O8. The van der Waals surface area contributed by atoms with Gasteiger partial charge in [0.1, 0.15) is 17.5 Å². The summed E-state index contributed by atoms with van der Waals surface area (Å²) in [5, 5.41) is 62.4. The lowest BCUT2D eigenvalue weighted by Gasteiger charge is -2.56. The van der Waals surface area contributed by atoms with Crippen molar-refractivity contribution >= 4 is 145 Å². The number of aliphatic hydroxyl groups is 3. The second kappa shape index (κ2) is 49.9.